The van der Waals surface area contributed by atoms with E-state index in [-0.39, 0.29) is 48.7 Å². The lowest BCUT2D eigenvalue weighted by Gasteiger charge is -2.08. The molecule has 0 bridgehead atoms. The number of nitro benzene ring substituents is 1. The molecule has 0 aliphatic rings. The lowest BCUT2D eigenvalue weighted by Crippen LogP contribution is -2.26. The first-order valence-electron chi connectivity index (χ1n) is 8.62. The fourth-order valence-corrected chi connectivity index (χ4v) is 2.14. The summed E-state index contributed by atoms with van der Waals surface area (Å²) in [5, 5.41) is 31.4. The fraction of sp³-hybridized carbons (Fsp3) is 0.412. The van der Waals surface area contributed by atoms with Gasteiger partial charge in [0.1, 0.15) is 0 Å². The smallest absolute Gasteiger partial charge is 0.305 e. The number of hydrogen-bond donors (Lipinski definition) is 5. The summed E-state index contributed by atoms with van der Waals surface area (Å²) in [5.74, 6) is -2.06. The molecule has 0 atom stereocenters. The Labute approximate surface area is 166 Å². The standard InChI is InChI=1S/C16H22N4O6.CH2O2/c17-6-3-1-2-4-14(21)19-12-8-11(9-13(10-12)20(25)26)16(24)18-7-5-15(22)23;2-1-3/h8-10H,1-7,17H2,(H,18,24)(H,19,21)(H,22,23);1H,(H,2,3). The number of aliphatic carboxylic acids is 1. The van der Waals surface area contributed by atoms with Gasteiger partial charge in [-0.15, -0.1) is 0 Å². The fourth-order valence-electron chi connectivity index (χ4n) is 2.14. The van der Waals surface area contributed by atoms with Crippen molar-refractivity contribution in [3.8, 4) is 0 Å². The van der Waals surface area contributed by atoms with E-state index in [1.807, 2.05) is 0 Å². The van der Waals surface area contributed by atoms with E-state index in [0.717, 1.165) is 25.0 Å². The summed E-state index contributed by atoms with van der Waals surface area (Å²) in [6, 6.07) is 3.53. The molecule has 2 amide bonds. The Bertz CT molecular complexity index is 723. The number of anilines is 1. The summed E-state index contributed by atoms with van der Waals surface area (Å²) >= 11 is 0. The second-order valence-electron chi connectivity index (χ2n) is 5.68. The number of carbonyl (C=O) groups is 4. The van der Waals surface area contributed by atoms with Crippen LogP contribution >= 0.6 is 0 Å². The molecule has 0 radical (unpaired) electrons. The van der Waals surface area contributed by atoms with Gasteiger partial charge in [-0.3, -0.25) is 29.3 Å². The lowest BCUT2D eigenvalue weighted by atomic mass is 10.1. The van der Waals surface area contributed by atoms with E-state index in [1.54, 1.807) is 0 Å². The van der Waals surface area contributed by atoms with Gasteiger partial charge in [0.25, 0.3) is 18.1 Å². The van der Waals surface area contributed by atoms with Crippen molar-refractivity contribution in [2.45, 2.75) is 32.1 Å². The third-order valence-corrected chi connectivity index (χ3v) is 3.41. The van der Waals surface area contributed by atoms with Gasteiger partial charge in [-0.2, -0.15) is 0 Å². The predicted octanol–water partition coefficient (Wildman–Crippen LogP) is 0.958. The van der Waals surface area contributed by atoms with Crippen LogP contribution in [0.3, 0.4) is 0 Å². The van der Waals surface area contributed by atoms with Crippen molar-refractivity contribution in [2.24, 2.45) is 5.73 Å². The first-order chi connectivity index (χ1) is 13.7. The number of amides is 2. The van der Waals surface area contributed by atoms with Gasteiger partial charge < -0.3 is 26.6 Å². The van der Waals surface area contributed by atoms with Gasteiger partial charge in [0, 0.05) is 36.3 Å². The van der Waals surface area contributed by atoms with Crippen LogP contribution in [-0.2, 0) is 14.4 Å². The quantitative estimate of drug-likeness (QED) is 0.152. The number of nitrogens with zero attached hydrogens (tertiary/aromatic N) is 1. The first kappa shape index (κ1) is 25.5. The van der Waals surface area contributed by atoms with Gasteiger partial charge in [-0.1, -0.05) is 6.42 Å². The van der Waals surface area contributed by atoms with Crippen molar-refractivity contribution >= 4 is 35.6 Å². The van der Waals surface area contributed by atoms with E-state index < -0.39 is 16.8 Å². The van der Waals surface area contributed by atoms with Gasteiger partial charge in [0.05, 0.1) is 11.3 Å². The minimum atomic E-state index is -1.08. The third-order valence-electron chi connectivity index (χ3n) is 3.41. The third kappa shape index (κ3) is 11.7. The average Bonchev–Trinajstić information content (AvgIpc) is 2.65. The van der Waals surface area contributed by atoms with Gasteiger partial charge in [0.15, 0.2) is 0 Å². The van der Waals surface area contributed by atoms with Gasteiger partial charge in [-0.25, -0.2) is 0 Å². The number of nitro groups is 1. The van der Waals surface area contributed by atoms with Crippen molar-refractivity contribution in [2.75, 3.05) is 18.4 Å². The normalized spacial score (nSPS) is 9.55. The van der Waals surface area contributed by atoms with E-state index >= 15 is 0 Å². The monoisotopic (exact) mass is 412 g/mol. The zero-order valence-corrected chi connectivity index (χ0v) is 15.6. The minimum absolute atomic E-state index is 0.0389. The number of non-ortho nitro benzene ring substituents is 1. The van der Waals surface area contributed by atoms with Crippen LogP contribution in [0.25, 0.3) is 0 Å². The lowest BCUT2D eigenvalue weighted by molar-refractivity contribution is -0.384. The zero-order valence-electron chi connectivity index (χ0n) is 15.6. The van der Waals surface area contributed by atoms with E-state index in [2.05, 4.69) is 10.6 Å². The first-order valence-corrected chi connectivity index (χ1v) is 8.62. The van der Waals surface area contributed by atoms with Crippen molar-refractivity contribution < 1.29 is 34.3 Å². The number of nitrogens with one attached hydrogen (secondary N) is 2. The number of rotatable bonds is 11. The molecule has 1 rings (SSSR count). The Balaban J connectivity index is 0.00000245. The number of carboxylic acid groups (broad SMARTS) is 2. The molecule has 0 spiro atoms. The highest BCUT2D eigenvalue weighted by molar-refractivity contribution is 5.98. The number of benzene rings is 1. The Morgan fingerprint density at radius 2 is 1.79 bits per heavy atom. The molecule has 29 heavy (non-hydrogen) atoms. The van der Waals surface area contributed by atoms with Crippen LogP contribution < -0.4 is 16.4 Å². The van der Waals surface area contributed by atoms with Crippen molar-refractivity contribution in [3.05, 3.63) is 33.9 Å². The van der Waals surface area contributed by atoms with E-state index in [4.69, 9.17) is 20.7 Å². The molecule has 0 aliphatic heterocycles. The van der Waals surface area contributed by atoms with Crippen molar-refractivity contribution in [1.29, 1.82) is 0 Å². The Hall–Kier alpha value is -3.54. The predicted molar refractivity (Wildman–Crippen MR) is 103 cm³/mol. The molecule has 0 fully saturated rings. The summed E-state index contributed by atoms with van der Waals surface area (Å²) < 4.78 is 0. The summed E-state index contributed by atoms with van der Waals surface area (Å²) in [5.41, 5.74) is 5.11. The maximum Gasteiger partial charge on any atom is 0.305 e. The van der Waals surface area contributed by atoms with E-state index in [9.17, 15) is 24.5 Å². The van der Waals surface area contributed by atoms with Crippen LogP contribution in [0, 0.1) is 10.1 Å². The summed E-state index contributed by atoms with van der Waals surface area (Å²) in [6.45, 7) is 0.187. The Morgan fingerprint density at radius 3 is 2.34 bits per heavy atom. The van der Waals surface area contributed by atoms with Crippen molar-refractivity contribution in [3.63, 3.8) is 0 Å². The summed E-state index contributed by atoms with van der Waals surface area (Å²) in [4.78, 5) is 53.1. The Kier molecular flexibility index (Phi) is 12.7. The summed E-state index contributed by atoms with van der Waals surface area (Å²) in [6.07, 6.45) is 2.22. The zero-order chi connectivity index (χ0) is 22.2. The number of nitrogens with two attached hydrogens (primary N) is 1. The highest BCUT2D eigenvalue weighted by Gasteiger charge is 2.16. The van der Waals surface area contributed by atoms with Crippen LogP contribution in [0.2, 0.25) is 0 Å². The molecule has 0 heterocycles. The summed E-state index contributed by atoms with van der Waals surface area (Å²) in [7, 11) is 0. The van der Waals surface area contributed by atoms with Crippen molar-refractivity contribution in [1.82, 2.24) is 5.32 Å². The molecule has 12 nitrogen and oxygen atoms in total. The number of carbonyl (C=O) groups excluding carboxylic acids is 2. The second kappa shape index (κ2) is 14.5. The van der Waals surface area contributed by atoms with Crippen LogP contribution in [0.5, 0.6) is 0 Å². The molecule has 0 aliphatic carbocycles. The minimum Gasteiger partial charge on any atom is -0.483 e. The molecule has 0 saturated carbocycles. The molecular formula is C17H24N4O8. The highest BCUT2D eigenvalue weighted by Crippen LogP contribution is 2.21. The van der Waals surface area contributed by atoms with Crippen LogP contribution in [0.4, 0.5) is 11.4 Å². The molecular weight excluding hydrogens is 388 g/mol. The SMILES string of the molecule is NCCCCCC(=O)Nc1cc(C(=O)NCCC(=O)O)cc([N+](=O)[O-])c1.O=CO. The second-order valence-corrected chi connectivity index (χ2v) is 5.68. The van der Waals surface area contributed by atoms with E-state index in [0.29, 0.717) is 13.0 Å². The van der Waals surface area contributed by atoms with Gasteiger partial charge in [-0.05, 0) is 25.5 Å². The molecule has 1 aromatic rings. The average molecular weight is 412 g/mol. The van der Waals surface area contributed by atoms with E-state index in [1.165, 1.54) is 6.07 Å². The molecule has 1 aromatic carbocycles. The maximum atomic E-state index is 12.0. The topological polar surface area (TPSA) is 202 Å². The van der Waals surface area contributed by atoms with Crippen LogP contribution in [0.15, 0.2) is 18.2 Å². The molecule has 6 N–H and O–H groups in total. The number of hydrogen-bond acceptors (Lipinski definition) is 7. The molecule has 12 heteroatoms. The molecule has 0 unspecified atom stereocenters. The number of carboxylic acids is 1. The highest BCUT2D eigenvalue weighted by atomic mass is 16.6. The molecule has 160 valence electrons. The van der Waals surface area contributed by atoms with Gasteiger partial charge >= 0.3 is 5.97 Å². The molecule has 0 aromatic heterocycles. The molecule has 0 saturated heterocycles. The maximum absolute atomic E-state index is 12.0. The van der Waals surface area contributed by atoms with Crippen LogP contribution in [-0.4, -0.2) is 52.5 Å². The van der Waals surface area contributed by atoms with Crippen LogP contribution in [0.1, 0.15) is 42.5 Å². The largest absolute Gasteiger partial charge is 0.483 e. The Morgan fingerprint density at radius 1 is 1.14 bits per heavy atom. The number of unbranched alkanes of at least 4 members (excludes halogenated alkanes) is 2. The van der Waals surface area contributed by atoms with Gasteiger partial charge in [0.2, 0.25) is 5.91 Å².